The van der Waals surface area contributed by atoms with Crippen LogP contribution < -0.4 is 9.47 Å². The number of rotatable bonds is 8. The van der Waals surface area contributed by atoms with Crippen molar-refractivity contribution < 1.29 is 18.3 Å². The third kappa shape index (κ3) is 5.69. The molecule has 34 heavy (non-hydrogen) atoms. The van der Waals surface area contributed by atoms with Crippen molar-refractivity contribution in [3.63, 3.8) is 0 Å². The van der Waals surface area contributed by atoms with Crippen molar-refractivity contribution in [3.8, 4) is 23.0 Å². The molecule has 0 atom stereocenters. The number of hydrogen-bond donors (Lipinski definition) is 0. The molecule has 2 aromatic heterocycles. The molecule has 0 unspecified atom stereocenters. The Bertz CT molecular complexity index is 1300. The molecule has 0 aliphatic carbocycles. The fraction of sp³-hybridized carbons (Fsp3) is 0. The lowest BCUT2D eigenvalue weighted by Crippen LogP contribution is -1.87. The predicted octanol–water partition coefficient (Wildman–Crippen LogP) is 7.96. The Morgan fingerprint density at radius 1 is 0.500 bits per heavy atom. The molecule has 0 aliphatic heterocycles. The molecule has 166 valence electrons. The van der Waals surface area contributed by atoms with Crippen LogP contribution in [0, 0.1) is 0 Å². The van der Waals surface area contributed by atoms with E-state index < -0.39 is 0 Å². The van der Waals surface area contributed by atoms with Crippen molar-refractivity contribution in [3.05, 3.63) is 121 Å². The van der Waals surface area contributed by atoms with Crippen LogP contribution in [0.25, 0.3) is 0 Å². The Morgan fingerprint density at radius 2 is 0.941 bits per heavy atom. The maximum absolute atomic E-state index is 6.03. The second-order valence-corrected chi connectivity index (χ2v) is 7.22. The maximum atomic E-state index is 6.03. The van der Waals surface area contributed by atoms with Crippen molar-refractivity contribution in [2.45, 2.75) is 0 Å². The first-order chi connectivity index (χ1) is 16.8. The minimum Gasteiger partial charge on any atom is -0.463 e. The quantitative estimate of drug-likeness (QED) is 0.226. The van der Waals surface area contributed by atoms with Crippen LogP contribution in [0.2, 0.25) is 0 Å². The maximum Gasteiger partial charge on any atom is 0.144 e. The summed E-state index contributed by atoms with van der Waals surface area (Å²) in [6.07, 6.45) is 6.56. The topological polar surface area (TPSA) is 69.5 Å². The van der Waals surface area contributed by atoms with Gasteiger partial charge in [-0.25, -0.2) is 0 Å². The van der Waals surface area contributed by atoms with Crippen LogP contribution in [0.5, 0.6) is 23.0 Å². The second-order valence-electron chi connectivity index (χ2n) is 7.22. The largest absolute Gasteiger partial charge is 0.463 e. The average molecular weight is 448 g/mol. The Morgan fingerprint density at radius 3 is 1.38 bits per heavy atom. The van der Waals surface area contributed by atoms with Gasteiger partial charge < -0.3 is 18.3 Å². The monoisotopic (exact) mass is 448 g/mol. The zero-order valence-corrected chi connectivity index (χ0v) is 18.1. The predicted molar refractivity (Wildman–Crippen MR) is 131 cm³/mol. The van der Waals surface area contributed by atoms with E-state index in [-0.39, 0.29) is 0 Å². The van der Waals surface area contributed by atoms with Crippen LogP contribution in [0.15, 0.2) is 128 Å². The summed E-state index contributed by atoms with van der Waals surface area (Å²) >= 11 is 0. The van der Waals surface area contributed by atoms with Crippen LogP contribution in [0.3, 0.4) is 0 Å². The molecule has 5 aromatic rings. The van der Waals surface area contributed by atoms with Gasteiger partial charge in [0.05, 0.1) is 36.3 Å². The van der Waals surface area contributed by atoms with Crippen LogP contribution in [-0.2, 0) is 0 Å². The highest BCUT2D eigenvalue weighted by Gasteiger charge is 2.04. The van der Waals surface area contributed by atoms with E-state index >= 15 is 0 Å². The van der Waals surface area contributed by atoms with E-state index in [1.807, 2.05) is 97.1 Å². The molecular weight excluding hydrogens is 428 g/mol. The molecule has 0 spiro atoms. The molecule has 5 rings (SSSR count). The zero-order chi connectivity index (χ0) is 23.0. The van der Waals surface area contributed by atoms with Gasteiger partial charge in [0, 0.05) is 18.2 Å². The molecule has 0 fully saturated rings. The molecule has 0 saturated heterocycles. The van der Waals surface area contributed by atoms with Gasteiger partial charge >= 0.3 is 0 Å². The minimum absolute atomic E-state index is 0.650. The number of nitrogens with zero attached hydrogens (tertiary/aromatic N) is 2. The summed E-state index contributed by atoms with van der Waals surface area (Å²) in [4.78, 5) is 8.85. The van der Waals surface area contributed by atoms with E-state index in [1.165, 1.54) is 0 Å². The summed E-state index contributed by atoms with van der Waals surface area (Å²) in [7, 11) is 0. The molecule has 0 radical (unpaired) electrons. The smallest absolute Gasteiger partial charge is 0.144 e. The van der Waals surface area contributed by atoms with Gasteiger partial charge in [0.2, 0.25) is 0 Å². The van der Waals surface area contributed by atoms with E-state index in [2.05, 4.69) is 9.98 Å². The normalized spacial score (nSPS) is 11.3. The molecule has 0 aliphatic rings. The Labute approximate surface area is 196 Å². The summed E-state index contributed by atoms with van der Waals surface area (Å²) < 4.78 is 22.6. The summed E-state index contributed by atoms with van der Waals surface area (Å²) in [6, 6.07) is 29.8. The van der Waals surface area contributed by atoms with Crippen LogP contribution in [-0.4, -0.2) is 12.4 Å². The highest BCUT2D eigenvalue weighted by molar-refractivity contribution is 5.79. The van der Waals surface area contributed by atoms with E-state index in [9.17, 15) is 0 Å². The highest BCUT2D eigenvalue weighted by atomic mass is 16.5. The molecular formula is C28H20N2O4. The number of benzene rings is 3. The lowest BCUT2D eigenvalue weighted by Gasteiger charge is -2.10. The van der Waals surface area contributed by atoms with E-state index in [0.717, 1.165) is 11.4 Å². The van der Waals surface area contributed by atoms with Crippen molar-refractivity contribution in [1.29, 1.82) is 0 Å². The standard InChI is InChI=1S/C28H20N2O4/c1-6-21(29-19-27-12-4-14-31-27)16-23(8-1)33-25-10-3-11-26(18-25)34-24-9-2-7-22(17-24)30-20-28-13-5-15-32-28/h1-20H/b29-19+,30-20+. The lowest BCUT2D eigenvalue weighted by atomic mass is 10.3. The van der Waals surface area contributed by atoms with Crippen molar-refractivity contribution in [2.75, 3.05) is 0 Å². The molecule has 0 amide bonds. The number of ether oxygens (including phenoxy) is 2. The SMILES string of the molecule is C(=N\c1cccc(Oc2cccc(Oc3cccc(/N=C/c4ccco4)c3)c2)c1)/c1ccco1. The van der Waals surface area contributed by atoms with Crippen LogP contribution in [0.4, 0.5) is 11.4 Å². The molecule has 0 saturated carbocycles. The van der Waals surface area contributed by atoms with E-state index in [1.54, 1.807) is 25.0 Å². The summed E-state index contributed by atoms with van der Waals surface area (Å²) in [5, 5.41) is 0. The van der Waals surface area contributed by atoms with Gasteiger partial charge in [0.1, 0.15) is 34.5 Å². The van der Waals surface area contributed by atoms with Gasteiger partial charge in [-0.15, -0.1) is 0 Å². The first kappa shape index (κ1) is 21.0. The van der Waals surface area contributed by atoms with Gasteiger partial charge in [-0.1, -0.05) is 18.2 Å². The van der Waals surface area contributed by atoms with Crippen LogP contribution >= 0.6 is 0 Å². The second kappa shape index (κ2) is 10.2. The Kier molecular flexibility index (Phi) is 6.30. The molecule has 6 nitrogen and oxygen atoms in total. The summed E-state index contributed by atoms with van der Waals surface area (Å²) in [6.45, 7) is 0. The molecule has 0 N–H and O–H groups in total. The van der Waals surface area contributed by atoms with Crippen LogP contribution in [0.1, 0.15) is 11.5 Å². The minimum atomic E-state index is 0.650. The molecule has 3 aromatic carbocycles. The van der Waals surface area contributed by atoms with Gasteiger partial charge in [-0.2, -0.15) is 0 Å². The molecule has 0 bridgehead atoms. The highest BCUT2D eigenvalue weighted by Crippen LogP contribution is 2.31. The van der Waals surface area contributed by atoms with Crippen molar-refractivity contribution >= 4 is 23.8 Å². The van der Waals surface area contributed by atoms with Gasteiger partial charge in [0.15, 0.2) is 0 Å². The average Bonchev–Trinajstić information content (AvgIpc) is 3.57. The molecule has 6 heteroatoms. The third-order valence-corrected chi connectivity index (χ3v) is 4.68. The summed E-state index contributed by atoms with van der Waals surface area (Å²) in [5.74, 6) is 4.01. The van der Waals surface area contributed by atoms with E-state index in [0.29, 0.717) is 34.5 Å². The Hall–Kier alpha value is -4.84. The first-order valence-electron chi connectivity index (χ1n) is 10.6. The fourth-order valence-corrected chi connectivity index (χ4v) is 3.13. The van der Waals surface area contributed by atoms with Gasteiger partial charge in [0.25, 0.3) is 0 Å². The lowest BCUT2D eigenvalue weighted by molar-refractivity contribution is 0.460. The molecule has 2 heterocycles. The first-order valence-corrected chi connectivity index (χ1v) is 10.6. The number of hydrogen-bond acceptors (Lipinski definition) is 6. The fourth-order valence-electron chi connectivity index (χ4n) is 3.13. The van der Waals surface area contributed by atoms with Gasteiger partial charge in [-0.3, -0.25) is 9.98 Å². The Balaban J connectivity index is 1.26. The van der Waals surface area contributed by atoms with Crippen molar-refractivity contribution in [1.82, 2.24) is 0 Å². The summed E-state index contributed by atoms with van der Waals surface area (Å²) in [5.41, 5.74) is 1.52. The number of aliphatic imine (C=N–C) groups is 2. The third-order valence-electron chi connectivity index (χ3n) is 4.68. The number of furan rings is 2. The van der Waals surface area contributed by atoms with Crippen molar-refractivity contribution in [2.24, 2.45) is 9.98 Å². The van der Waals surface area contributed by atoms with Gasteiger partial charge in [-0.05, 0) is 60.7 Å². The van der Waals surface area contributed by atoms with E-state index in [4.69, 9.17) is 18.3 Å². The zero-order valence-electron chi connectivity index (χ0n) is 18.1.